The first kappa shape index (κ1) is 16.6. The molecule has 3 rings (SSSR count). The molecule has 0 fully saturated rings. The lowest BCUT2D eigenvalue weighted by Gasteiger charge is -2.16. The zero-order valence-electron chi connectivity index (χ0n) is 13.9. The third kappa shape index (κ3) is 4.38. The van der Waals surface area contributed by atoms with Gasteiger partial charge in [-0.3, -0.25) is 4.79 Å². The van der Waals surface area contributed by atoms with E-state index in [1.54, 1.807) is 19.4 Å². The first-order valence-corrected chi connectivity index (χ1v) is 7.97. The largest absolute Gasteiger partial charge is 0.497 e. The minimum absolute atomic E-state index is 0.201. The van der Waals surface area contributed by atoms with E-state index in [9.17, 15) is 4.79 Å². The van der Waals surface area contributed by atoms with Crippen LogP contribution in [0.5, 0.6) is 5.75 Å². The summed E-state index contributed by atoms with van der Waals surface area (Å²) in [6, 6.07) is 20.6. The van der Waals surface area contributed by atoms with Crippen molar-refractivity contribution in [3.63, 3.8) is 0 Å². The van der Waals surface area contributed by atoms with Crippen molar-refractivity contribution in [3.05, 3.63) is 96.0 Å². The van der Waals surface area contributed by atoms with Gasteiger partial charge < -0.3 is 14.5 Å². The van der Waals surface area contributed by atoms with Gasteiger partial charge in [0, 0.05) is 6.08 Å². The number of hydrogen-bond donors (Lipinski definition) is 1. The normalized spacial score (nSPS) is 12.0. The molecule has 1 heterocycles. The molecule has 0 aliphatic rings. The van der Waals surface area contributed by atoms with Crippen molar-refractivity contribution >= 4 is 12.0 Å². The second kappa shape index (κ2) is 8.02. The number of carbonyl (C=O) groups excluding carboxylic acids is 1. The molecule has 0 saturated heterocycles. The predicted octanol–water partition coefficient (Wildman–Crippen LogP) is 4.21. The van der Waals surface area contributed by atoms with Crippen LogP contribution in [0.25, 0.3) is 6.08 Å². The van der Waals surface area contributed by atoms with Crippen LogP contribution in [0.1, 0.15) is 22.9 Å². The lowest BCUT2D eigenvalue weighted by atomic mass is 10.0. The van der Waals surface area contributed by atoms with Crippen molar-refractivity contribution in [2.24, 2.45) is 0 Å². The summed E-state index contributed by atoms with van der Waals surface area (Å²) >= 11 is 0. The first-order chi connectivity index (χ1) is 12.3. The van der Waals surface area contributed by atoms with Crippen LogP contribution in [-0.2, 0) is 4.79 Å². The third-order valence-electron chi connectivity index (χ3n) is 3.77. The van der Waals surface area contributed by atoms with Crippen LogP contribution in [0.15, 0.2) is 83.5 Å². The van der Waals surface area contributed by atoms with Gasteiger partial charge in [-0.15, -0.1) is 0 Å². The lowest BCUT2D eigenvalue weighted by molar-refractivity contribution is -0.117. The molecular weight excluding hydrogens is 314 g/mol. The maximum atomic E-state index is 12.4. The van der Waals surface area contributed by atoms with E-state index in [0.29, 0.717) is 5.76 Å². The van der Waals surface area contributed by atoms with E-state index in [1.807, 2.05) is 66.7 Å². The standard InChI is InChI=1S/C21H19NO3/c1-24-18-10-5-7-16(15-18)12-13-20(23)22-21(19-11-6-14-25-19)17-8-3-2-4-9-17/h2-15,21H,1H3,(H,22,23)/b13-12+. The Morgan fingerprint density at radius 2 is 1.92 bits per heavy atom. The summed E-state index contributed by atoms with van der Waals surface area (Å²) in [4.78, 5) is 12.4. The summed E-state index contributed by atoms with van der Waals surface area (Å²) in [7, 11) is 1.61. The molecule has 1 N–H and O–H groups in total. The van der Waals surface area contributed by atoms with E-state index in [-0.39, 0.29) is 11.9 Å². The number of benzene rings is 2. The highest BCUT2D eigenvalue weighted by atomic mass is 16.5. The molecule has 4 heteroatoms. The number of rotatable bonds is 6. The fraction of sp³-hybridized carbons (Fsp3) is 0.0952. The van der Waals surface area contributed by atoms with Crippen molar-refractivity contribution in [2.75, 3.05) is 7.11 Å². The molecule has 0 aliphatic carbocycles. The molecule has 0 radical (unpaired) electrons. The van der Waals surface area contributed by atoms with E-state index in [0.717, 1.165) is 16.9 Å². The summed E-state index contributed by atoms with van der Waals surface area (Å²) < 4.78 is 10.7. The Hall–Kier alpha value is -3.27. The van der Waals surface area contributed by atoms with Gasteiger partial charge >= 0.3 is 0 Å². The second-order valence-electron chi connectivity index (χ2n) is 5.48. The average Bonchev–Trinajstić information content (AvgIpc) is 3.20. The van der Waals surface area contributed by atoms with Crippen LogP contribution in [0, 0.1) is 0 Å². The van der Waals surface area contributed by atoms with E-state index in [1.165, 1.54) is 6.08 Å². The van der Waals surface area contributed by atoms with Crippen molar-refractivity contribution in [1.82, 2.24) is 5.32 Å². The molecule has 0 bridgehead atoms. The number of amides is 1. The highest BCUT2D eigenvalue weighted by Crippen LogP contribution is 2.22. The van der Waals surface area contributed by atoms with Crippen LogP contribution in [-0.4, -0.2) is 13.0 Å². The van der Waals surface area contributed by atoms with Crippen molar-refractivity contribution in [3.8, 4) is 5.75 Å². The van der Waals surface area contributed by atoms with Gasteiger partial charge in [-0.1, -0.05) is 42.5 Å². The van der Waals surface area contributed by atoms with E-state index in [4.69, 9.17) is 9.15 Å². The molecule has 25 heavy (non-hydrogen) atoms. The topological polar surface area (TPSA) is 51.5 Å². The van der Waals surface area contributed by atoms with Gasteiger partial charge in [-0.2, -0.15) is 0 Å². The molecule has 0 aliphatic heterocycles. The Balaban J connectivity index is 1.75. The van der Waals surface area contributed by atoms with Gasteiger partial charge in [-0.25, -0.2) is 0 Å². The molecule has 0 spiro atoms. The number of ether oxygens (including phenoxy) is 1. The molecule has 2 aromatic carbocycles. The smallest absolute Gasteiger partial charge is 0.244 e. The summed E-state index contributed by atoms with van der Waals surface area (Å²) in [5.41, 5.74) is 1.85. The molecule has 4 nitrogen and oxygen atoms in total. The van der Waals surface area contributed by atoms with E-state index >= 15 is 0 Å². The Labute approximate surface area is 146 Å². The molecule has 3 aromatic rings. The average molecular weight is 333 g/mol. The Morgan fingerprint density at radius 1 is 1.08 bits per heavy atom. The van der Waals surface area contributed by atoms with Gasteiger partial charge in [0.1, 0.15) is 17.6 Å². The number of nitrogens with one attached hydrogen (secondary N) is 1. The number of methoxy groups -OCH3 is 1. The summed E-state index contributed by atoms with van der Waals surface area (Å²) in [6.07, 6.45) is 4.86. The van der Waals surface area contributed by atoms with Crippen LogP contribution in [0.2, 0.25) is 0 Å². The molecule has 126 valence electrons. The molecule has 1 atom stereocenters. The maximum Gasteiger partial charge on any atom is 0.244 e. The van der Waals surface area contributed by atoms with Crippen LogP contribution < -0.4 is 10.1 Å². The Morgan fingerprint density at radius 3 is 2.64 bits per heavy atom. The van der Waals surface area contributed by atoms with E-state index in [2.05, 4.69) is 5.32 Å². The van der Waals surface area contributed by atoms with Gasteiger partial charge in [0.2, 0.25) is 5.91 Å². The van der Waals surface area contributed by atoms with Gasteiger partial charge in [0.25, 0.3) is 0 Å². The zero-order chi connectivity index (χ0) is 17.5. The quantitative estimate of drug-likeness (QED) is 0.688. The summed E-state index contributed by atoms with van der Waals surface area (Å²) in [5, 5.41) is 2.98. The van der Waals surface area contributed by atoms with Gasteiger partial charge in [0.15, 0.2) is 0 Å². The zero-order valence-corrected chi connectivity index (χ0v) is 13.9. The fourth-order valence-corrected chi connectivity index (χ4v) is 2.53. The molecule has 0 saturated carbocycles. The van der Waals surface area contributed by atoms with Crippen LogP contribution in [0.4, 0.5) is 0 Å². The molecule has 1 amide bonds. The van der Waals surface area contributed by atoms with Gasteiger partial charge in [0.05, 0.1) is 13.4 Å². The van der Waals surface area contributed by atoms with Crippen molar-refractivity contribution in [2.45, 2.75) is 6.04 Å². The Bertz CT molecular complexity index is 839. The lowest BCUT2D eigenvalue weighted by Crippen LogP contribution is -2.27. The number of furan rings is 1. The van der Waals surface area contributed by atoms with Gasteiger partial charge in [-0.05, 0) is 41.5 Å². The monoisotopic (exact) mass is 333 g/mol. The number of hydrogen-bond acceptors (Lipinski definition) is 3. The minimum atomic E-state index is -0.335. The predicted molar refractivity (Wildman–Crippen MR) is 97.2 cm³/mol. The third-order valence-corrected chi connectivity index (χ3v) is 3.77. The second-order valence-corrected chi connectivity index (χ2v) is 5.48. The molecule has 1 unspecified atom stereocenters. The highest BCUT2D eigenvalue weighted by molar-refractivity contribution is 5.92. The van der Waals surface area contributed by atoms with E-state index < -0.39 is 0 Å². The summed E-state index contributed by atoms with van der Waals surface area (Å²) in [6.45, 7) is 0. The molecular formula is C21H19NO3. The summed E-state index contributed by atoms with van der Waals surface area (Å²) in [5.74, 6) is 1.24. The molecule has 1 aromatic heterocycles. The van der Waals surface area contributed by atoms with Crippen molar-refractivity contribution < 1.29 is 13.9 Å². The van der Waals surface area contributed by atoms with Crippen molar-refractivity contribution in [1.29, 1.82) is 0 Å². The fourth-order valence-electron chi connectivity index (χ4n) is 2.53. The first-order valence-electron chi connectivity index (χ1n) is 7.97. The number of carbonyl (C=O) groups is 1. The van der Waals surface area contributed by atoms with Crippen LogP contribution >= 0.6 is 0 Å². The maximum absolute atomic E-state index is 12.4. The minimum Gasteiger partial charge on any atom is -0.497 e. The highest BCUT2D eigenvalue weighted by Gasteiger charge is 2.17. The van der Waals surface area contributed by atoms with Crippen LogP contribution in [0.3, 0.4) is 0 Å². The SMILES string of the molecule is COc1cccc(/C=C/C(=O)NC(c2ccccc2)c2ccco2)c1. The Kier molecular flexibility index (Phi) is 5.32.